The molecule has 4 heteroatoms. The fourth-order valence-corrected chi connectivity index (χ4v) is 1.22. The van der Waals surface area contributed by atoms with Gasteiger partial charge in [0.05, 0.1) is 13.0 Å². The number of aldehydes is 1. The Kier molecular flexibility index (Phi) is 5.46. The topological polar surface area (TPSA) is 46.5 Å². The fourth-order valence-electron chi connectivity index (χ4n) is 0.847. The zero-order chi connectivity index (χ0) is 10.4. The number of rotatable bonds is 5. The van der Waals surface area contributed by atoms with Crippen LogP contribution in [0.15, 0.2) is 24.2 Å². The molecule has 0 saturated carbocycles. The van der Waals surface area contributed by atoms with Crippen molar-refractivity contribution in [1.82, 2.24) is 0 Å². The van der Waals surface area contributed by atoms with Crippen LogP contribution in [0.5, 0.6) is 0 Å². The number of carbonyl (C=O) groups excluding carboxylic acids is 1. The first kappa shape index (κ1) is 12.2. The second-order valence-corrected chi connectivity index (χ2v) is 3.94. The van der Waals surface area contributed by atoms with E-state index in [2.05, 4.69) is 22.5 Å². The Balaban J connectivity index is 4.88. The van der Waals surface area contributed by atoms with Crippen molar-refractivity contribution in [1.29, 1.82) is 0 Å². The summed E-state index contributed by atoms with van der Waals surface area (Å²) in [5, 5.41) is 9.56. The van der Waals surface area contributed by atoms with E-state index in [1.807, 2.05) is 0 Å². The maximum absolute atomic E-state index is 10.6. The number of ether oxygens (including phenoxy) is 1. The van der Waals surface area contributed by atoms with E-state index < -0.39 is 5.92 Å². The number of alkyl halides is 1. The van der Waals surface area contributed by atoms with E-state index in [0.717, 1.165) is 0 Å². The molecular formula is C9H13BrO3. The highest BCUT2D eigenvalue weighted by Gasteiger charge is 2.21. The Morgan fingerprint density at radius 2 is 2.23 bits per heavy atom. The zero-order valence-corrected chi connectivity index (χ0v) is 9.24. The standard InChI is InChI=1S/C9H13BrO3/c1-4-8(13-3)9(12)7(5-11)6(2)10/h4-7,12H,1H2,2-3H3/b9-8-/t6-,7?/m0/s1. The van der Waals surface area contributed by atoms with E-state index in [1.54, 1.807) is 6.92 Å². The molecule has 0 aliphatic carbocycles. The first-order chi connectivity index (χ1) is 6.08. The molecule has 1 unspecified atom stereocenters. The Morgan fingerprint density at radius 3 is 2.46 bits per heavy atom. The largest absolute Gasteiger partial charge is 0.508 e. The summed E-state index contributed by atoms with van der Waals surface area (Å²) in [6.45, 7) is 5.22. The number of halogens is 1. The maximum atomic E-state index is 10.6. The highest BCUT2D eigenvalue weighted by molar-refractivity contribution is 9.09. The molecule has 2 atom stereocenters. The van der Waals surface area contributed by atoms with Gasteiger partial charge in [-0.25, -0.2) is 0 Å². The van der Waals surface area contributed by atoms with Gasteiger partial charge in [-0.05, 0) is 6.08 Å². The minimum Gasteiger partial charge on any atom is -0.508 e. The summed E-state index contributed by atoms with van der Waals surface area (Å²) in [6.07, 6.45) is 2.03. The van der Waals surface area contributed by atoms with Crippen LogP contribution in [0.2, 0.25) is 0 Å². The number of aliphatic hydroxyl groups excluding tert-OH is 1. The van der Waals surface area contributed by atoms with Crippen molar-refractivity contribution >= 4 is 22.2 Å². The predicted molar refractivity (Wildman–Crippen MR) is 54.8 cm³/mol. The first-order valence-electron chi connectivity index (χ1n) is 3.77. The van der Waals surface area contributed by atoms with Crippen LogP contribution in [0.25, 0.3) is 0 Å². The molecule has 0 aromatic carbocycles. The van der Waals surface area contributed by atoms with Gasteiger partial charge in [-0.1, -0.05) is 29.4 Å². The first-order valence-corrected chi connectivity index (χ1v) is 4.69. The molecule has 13 heavy (non-hydrogen) atoms. The molecule has 0 aliphatic heterocycles. The minimum atomic E-state index is -0.604. The molecule has 0 bridgehead atoms. The molecule has 3 nitrogen and oxygen atoms in total. The van der Waals surface area contributed by atoms with Crippen LogP contribution in [-0.2, 0) is 9.53 Å². The van der Waals surface area contributed by atoms with Crippen molar-refractivity contribution in [2.45, 2.75) is 11.8 Å². The van der Waals surface area contributed by atoms with E-state index in [-0.39, 0.29) is 16.3 Å². The predicted octanol–water partition coefficient (Wildman–Crippen LogP) is 2.19. The lowest BCUT2D eigenvalue weighted by Gasteiger charge is -2.14. The molecule has 0 saturated heterocycles. The lowest BCUT2D eigenvalue weighted by Crippen LogP contribution is -2.17. The molecule has 0 amide bonds. The van der Waals surface area contributed by atoms with Gasteiger partial charge < -0.3 is 14.6 Å². The van der Waals surface area contributed by atoms with Gasteiger partial charge in [-0.3, -0.25) is 0 Å². The Bertz CT molecular complexity index is 221. The molecule has 0 rings (SSSR count). The average molecular weight is 249 g/mol. The quantitative estimate of drug-likeness (QED) is 0.351. The molecule has 0 aromatic heterocycles. The summed E-state index contributed by atoms with van der Waals surface area (Å²) in [4.78, 5) is 10.5. The zero-order valence-electron chi connectivity index (χ0n) is 7.66. The molecular weight excluding hydrogens is 236 g/mol. The van der Waals surface area contributed by atoms with Gasteiger partial charge in [-0.2, -0.15) is 0 Å². The smallest absolute Gasteiger partial charge is 0.156 e. The van der Waals surface area contributed by atoms with Crippen LogP contribution in [-0.4, -0.2) is 23.3 Å². The molecule has 0 fully saturated rings. The number of hydrogen-bond donors (Lipinski definition) is 1. The van der Waals surface area contributed by atoms with Gasteiger partial charge in [0, 0.05) is 4.83 Å². The average Bonchev–Trinajstić information content (AvgIpc) is 2.07. The van der Waals surface area contributed by atoms with Crippen LogP contribution < -0.4 is 0 Å². The monoisotopic (exact) mass is 248 g/mol. The highest BCUT2D eigenvalue weighted by Crippen LogP contribution is 2.20. The lowest BCUT2D eigenvalue weighted by molar-refractivity contribution is -0.110. The second-order valence-electron chi connectivity index (χ2n) is 2.50. The third-order valence-electron chi connectivity index (χ3n) is 1.61. The van der Waals surface area contributed by atoms with Crippen LogP contribution >= 0.6 is 15.9 Å². The van der Waals surface area contributed by atoms with Crippen molar-refractivity contribution in [2.75, 3.05) is 7.11 Å². The number of methoxy groups -OCH3 is 1. The van der Waals surface area contributed by atoms with E-state index in [9.17, 15) is 9.90 Å². The number of carbonyl (C=O) groups is 1. The molecule has 0 radical (unpaired) electrons. The summed E-state index contributed by atoms with van der Waals surface area (Å²) in [5.41, 5.74) is 0. The number of allylic oxidation sites excluding steroid dienone is 2. The minimum absolute atomic E-state index is 0.100. The summed E-state index contributed by atoms with van der Waals surface area (Å²) < 4.78 is 4.83. The number of aliphatic hydroxyl groups is 1. The maximum Gasteiger partial charge on any atom is 0.156 e. The summed E-state index contributed by atoms with van der Waals surface area (Å²) in [6, 6.07) is 0. The third kappa shape index (κ3) is 3.22. The van der Waals surface area contributed by atoms with Gasteiger partial charge in [0.25, 0.3) is 0 Å². The normalized spacial score (nSPS) is 16.8. The van der Waals surface area contributed by atoms with E-state index >= 15 is 0 Å². The fraction of sp³-hybridized carbons (Fsp3) is 0.444. The molecule has 1 N–H and O–H groups in total. The van der Waals surface area contributed by atoms with Crippen LogP contribution in [0.4, 0.5) is 0 Å². The van der Waals surface area contributed by atoms with Crippen molar-refractivity contribution < 1.29 is 14.6 Å². The second kappa shape index (κ2) is 5.80. The van der Waals surface area contributed by atoms with Crippen molar-refractivity contribution in [3.8, 4) is 0 Å². The number of hydrogen-bond acceptors (Lipinski definition) is 3. The highest BCUT2D eigenvalue weighted by atomic mass is 79.9. The van der Waals surface area contributed by atoms with Gasteiger partial charge in [0.1, 0.15) is 12.0 Å². The van der Waals surface area contributed by atoms with Gasteiger partial charge in [-0.15, -0.1) is 0 Å². The third-order valence-corrected chi connectivity index (χ3v) is 2.18. The Hall–Kier alpha value is -0.770. The SMILES string of the molecule is C=C/C(OC)=C(/O)C(C=O)[C@H](C)Br. The molecule has 0 aromatic rings. The Labute approximate surface area is 86.2 Å². The van der Waals surface area contributed by atoms with E-state index in [0.29, 0.717) is 6.29 Å². The van der Waals surface area contributed by atoms with Crippen molar-refractivity contribution in [3.63, 3.8) is 0 Å². The van der Waals surface area contributed by atoms with Gasteiger partial charge >= 0.3 is 0 Å². The molecule has 0 heterocycles. The Morgan fingerprint density at radius 1 is 1.69 bits per heavy atom. The van der Waals surface area contributed by atoms with Gasteiger partial charge in [0.15, 0.2) is 5.76 Å². The summed E-state index contributed by atoms with van der Waals surface area (Å²) in [7, 11) is 1.41. The van der Waals surface area contributed by atoms with E-state index in [4.69, 9.17) is 4.74 Å². The lowest BCUT2D eigenvalue weighted by atomic mass is 10.1. The van der Waals surface area contributed by atoms with Gasteiger partial charge in [0.2, 0.25) is 0 Å². The molecule has 74 valence electrons. The van der Waals surface area contributed by atoms with E-state index in [1.165, 1.54) is 13.2 Å². The molecule has 0 spiro atoms. The van der Waals surface area contributed by atoms with Crippen molar-refractivity contribution in [2.24, 2.45) is 5.92 Å². The van der Waals surface area contributed by atoms with Crippen LogP contribution in [0, 0.1) is 5.92 Å². The van der Waals surface area contributed by atoms with Crippen LogP contribution in [0.1, 0.15) is 6.92 Å². The van der Waals surface area contributed by atoms with Crippen molar-refractivity contribution in [3.05, 3.63) is 24.2 Å². The van der Waals surface area contributed by atoms with Crippen LogP contribution in [0.3, 0.4) is 0 Å². The summed E-state index contributed by atoms with van der Waals surface area (Å²) in [5.74, 6) is -0.478. The summed E-state index contributed by atoms with van der Waals surface area (Å²) >= 11 is 3.21. The molecule has 0 aliphatic rings.